The van der Waals surface area contributed by atoms with Gasteiger partial charge >= 0.3 is 0 Å². The molecule has 2 heterocycles. The number of hydrogen-bond donors (Lipinski definition) is 2. The van der Waals surface area contributed by atoms with Gasteiger partial charge in [-0.05, 0) is 57.6 Å². The Morgan fingerprint density at radius 3 is 3.05 bits per heavy atom. The Kier molecular flexibility index (Phi) is 5.43. The Labute approximate surface area is 126 Å². The molecule has 1 aromatic heterocycles. The summed E-state index contributed by atoms with van der Waals surface area (Å²) >= 11 is 1.84. The first-order valence-electron chi connectivity index (χ1n) is 7.38. The van der Waals surface area contributed by atoms with E-state index in [1.165, 1.54) is 24.3 Å². The third-order valence-electron chi connectivity index (χ3n) is 3.77. The van der Waals surface area contributed by atoms with E-state index in [2.05, 4.69) is 53.6 Å². The van der Waals surface area contributed by atoms with Gasteiger partial charge in [0.25, 0.3) is 0 Å². The minimum absolute atomic E-state index is 0.334. The number of nitrogens with two attached hydrogens (primary N) is 1. The average molecular weight is 294 g/mol. The molecule has 0 radical (unpaired) electrons. The lowest BCUT2D eigenvalue weighted by molar-refractivity contribution is 0.128. The predicted octanol–water partition coefficient (Wildman–Crippen LogP) is 2.44. The van der Waals surface area contributed by atoms with E-state index in [1.54, 1.807) is 0 Å². The van der Waals surface area contributed by atoms with Crippen molar-refractivity contribution in [1.29, 1.82) is 0 Å². The molecule has 1 saturated heterocycles. The molecule has 1 aliphatic rings. The smallest absolute Gasteiger partial charge is 0.188 e. The van der Waals surface area contributed by atoms with Crippen LogP contribution < -0.4 is 11.1 Å². The number of aliphatic imine (C=N–C) groups is 1. The molecule has 0 spiro atoms. The lowest BCUT2D eigenvalue weighted by Gasteiger charge is -2.38. The van der Waals surface area contributed by atoms with Crippen LogP contribution in [0.15, 0.2) is 22.5 Å². The molecule has 20 heavy (non-hydrogen) atoms. The number of guanidine groups is 1. The maximum atomic E-state index is 5.92. The van der Waals surface area contributed by atoms with Crippen LogP contribution in [0.1, 0.15) is 37.6 Å². The second-order valence-corrected chi connectivity index (χ2v) is 6.85. The molecule has 2 rings (SSSR count). The van der Waals surface area contributed by atoms with Crippen LogP contribution in [0, 0.1) is 5.92 Å². The van der Waals surface area contributed by atoms with E-state index in [9.17, 15) is 0 Å². The second kappa shape index (κ2) is 7.09. The molecule has 5 heteroatoms. The van der Waals surface area contributed by atoms with Crippen LogP contribution in [0.25, 0.3) is 0 Å². The van der Waals surface area contributed by atoms with Gasteiger partial charge in [-0.3, -0.25) is 9.89 Å². The van der Waals surface area contributed by atoms with Crippen molar-refractivity contribution in [3.63, 3.8) is 0 Å². The summed E-state index contributed by atoms with van der Waals surface area (Å²) in [5.74, 6) is 1.12. The third kappa shape index (κ3) is 3.96. The fourth-order valence-electron chi connectivity index (χ4n) is 2.92. The molecule has 2 unspecified atom stereocenters. The number of rotatable bonds is 4. The van der Waals surface area contributed by atoms with Gasteiger partial charge in [0.05, 0.1) is 0 Å². The maximum absolute atomic E-state index is 5.92. The first kappa shape index (κ1) is 15.3. The van der Waals surface area contributed by atoms with E-state index < -0.39 is 0 Å². The summed E-state index contributed by atoms with van der Waals surface area (Å²) in [6.07, 6.45) is 2.47. The van der Waals surface area contributed by atoms with E-state index >= 15 is 0 Å². The van der Waals surface area contributed by atoms with Gasteiger partial charge in [-0.15, -0.1) is 11.3 Å². The van der Waals surface area contributed by atoms with Crippen LogP contribution >= 0.6 is 11.3 Å². The molecule has 1 fully saturated rings. The zero-order valence-corrected chi connectivity index (χ0v) is 13.5. The van der Waals surface area contributed by atoms with Crippen molar-refractivity contribution >= 4 is 17.3 Å². The Hall–Kier alpha value is -1.07. The largest absolute Gasteiger partial charge is 0.370 e. The first-order valence-corrected chi connectivity index (χ1v) is 8.26. The van der Waals surface area contributed by atoms with E-state index in [-0.39, 0.29) is 0 Å². The van der Waals surface area contributed by atoms with Gasteiger partial charge in [-0.1, -0.05) is 6.07 Å². The molecule has 2 atom stereocenters. The predicted molar refractivity (Wildman–Crippen MR) is 87.2 cm³/mol. The third-order valence-corrected chi connectivity index (χ3v) is 4.72. The summed E-state index contributed by atoms with van der Waals surface area (Å²) in [5, 5.41) is 5.32. The summed E-state index contributed by atoms with van der Waals surface area (Å²) in [6, 6.07) is 5.20. The normalized spacial score (nSPS) is 25.1. The van der Waals surface area contributed by atoms with E-state index in [0.29, 0.717) is 24.0 Å². The Morgan fingerprint density at radius 1 is 1.60 bits per heavy atom. The van der Waals surface area contributed by atoms with Crippen LogP contribution in [0.4, 0.5) is 0 Å². The first-order chi connectivity index (χ1) is 9.58. The highest BCUT2D eigenvalue weighted by Crippen LogP contribution is 2.37. The lowest BCUT2D eigenvalue weighted by Crippen LogP contribution is -2.39. The van der Waals surface area contributed by atoms with Gasteiger partial charge < -0.3 is 11.1 Å². The minimum atomic E-state index is 0.334. The fraction of sp³-hybridized carbons (Fsp3) is 0.667. The summed E-state index contributed by atoms with van der Waals surface area (Å²) in [4.78, 5) is 8.45. The van der Waals surface area contributed by atoms with Crippen molar-refractivity contribution in [2.75, 3.05) is 20.1 Å². The summed E-state index contributed by atoms with van der Waals surface area (Å²) in [7, 11) is 2.22. The van der Waals surface area contributed by atoms with E-state index in [4.69, 9.17) is 5.73 Å². The number of thiophene rings is 1. The molecule has 1 aromatic rings. The van der Waals surface area contributed by atoms with E-state index in [1.807, 2.05) is 11.3 Å². The molecule has 0 aliphatic carbocycles. The van der Waals surface area contributed by atoms with Crippen molar-refractivity contribution in [3.8, 4) is 0 Å². The van der Waals surface area contributed by atoms with Crippen LogP contribution in [-0.4, -0.2) is 37.0 Å². The van der Waals surface area contributed by atoms with Crippen molar-refractivity contribution in [3.05, 3.63) is 22.4 Å². The quantitative estimate of drug-likeness (QED) is 0.662. The molecule has 0 saturated carbocycles. The van der Waals surface area contributed by atoms with Gasteiger partial charge in [0, 0.05) is 23.5 Å². The van der Waals surface area contributed by atoms with Crippen LogP contribution in [0.5, 0.6) is 0 Å². The number of piperidine rings is 1. The summed E-state index contributed by atoms with van der Waals surface area (Å²) in [5.41, 5.74) is 5.92. The second-order valence-electron chi connectivity index (χ2n) is 5.87. The fourth-order valence-corrected chi connectivity index (χ4v) is 3.90. The van der Waals surface area contributed by atoms with E-state index in [0.717, 1.165) is 6.54 Å². The number of hydrogen-bond acceptors (Lipinski definition) is 3. The highest BCUT2D eigenvalue weighted by atomic mass is 32.1. The van der Waals surface area contributed by atoms with Crippen LogP contribution in [-0.2, 0) is 0 Å². The zero-order valence-electron chi connectivity index (χ0n) is 12.7. The standard InChI is InChI=1S/C15H26N4S/c1-11(2)18-15(16)17-10-12-6-4-8-19(3)14(12)13-7-5-9-20-13/h5,7,9,11-12,14H,4,6,8,10H2,1-3H3,(H3,16,17,18). The van der Waals surface area contributed by atoms with Gasteiger partial charge in [0.2, 0.25) is 0 Å². The summed E-state index contributed by atoms with van der Waals surface area (Å²) < 4.78 is 0. The highest BCUT2D eigenvalue weighted by Gasteiger charge is 2.30. The van der Waals surface area contributed by atoms with Gasteiger partial charge in [-0.2, -0.15) is 0 Å². The van der Waals surface area contributed by atoms with Crippen molar-refractivity contribution < 1.29 is 0 Å². The molecular formula is C15H26N4S. The molecule has 0 amide bonds. The zero-order chi connectivity index (χ0) is 14.5. The summed E-state index contributed by atoms with van der Waals surface area (Å²) in [6.45, 7) is 6.12. The number of nitrogens with zero attached hydrogens (tertiary/aromatic N) is 2. The molecule has 0 bridgehead atoms. The lowest BCUT2D eigenvalue weighted by atomic mass is 9.88. The van der Waals surface area contributed by atoms with Crippen molar-refractivity contribution in [2.45, 2.75) is 38.8 Å². The van der Waals surface area contributed by atoms with Crippen LogP contribution in [0.3, 0.4) is 0 Å². The van der Waals surface area contributed by atoms with Gasteiger partial charge in [-0.25, -0.2) is 0 Å². The molecule has 112 valence electrons. The monoisotopic (exact) mass is 294 g/mol. The molecule has 0 aromatic carbocycles. The SMILES string of the molecule is CC(C)NC(N)=NCC1CCCN(C)C1c1cccs1. The topological polar surface area (TPSA) is 53.6 Å². The average Bonchev–Trinajstić information content (AvgIpc) is 2.89. The molecule has 3 N–H and O–H groups in total. The Bertz CT molecular complexity index is 427. The minimum Gasteiger partial charge on any atom is -0.370 e. The Balaban J connectivity index is 2.04. The van der Waals surface area contributed by atoms with Crippen molar-refractivity contribution in [2.24, 2.45) is 16.6 Å². The molecule has 4 nitrogen and oxygen atoms in total. The Morgan fingerprint density at radius 2 is 2.40 bits per heavy atom. The maximum Gasteiger partial charge on any atom is 0.188 e. The highest BCUT2D eigenvalue weighted by molar-refractivity contribution is 7.10. The number of likely N-dealkylation sites (tertiary alicyclic amines) is 1. The van der Waals surface area contributed by atoms with Gasteiger partial charge in [0.15, 0.2) is 5.96 Å². The van der Waals surface area contributed by atoms with Gasteiger partial charge in [0.1, 0.15) is 0 Å². The molecule has 1 aliphatic heterocycles. The molecular weight excluding hydrogens is 268 g/mol. The number of nitrogens with one attached hydrogen (secondary N) is 1. The van der Waals surface area contributed by atoms with Crippen molar-refractivity contribution in [1.82, 2.24) is 10.2 Å². The van der Waals surface area contributed by atoms with Crippen LogP contribution in [0.2, 0.25) is 0 Å².